The number of ether oxygens (including phenoxy) is 1. The Balaban J connectivity index is 2.25. The fraction of sp³-hybridized carbons (Fsp3) is 0.385. The van der Waals surface area contributed by atoms with Crippen molar-refractivity contribution in [2.24, 2.45) is 5.73 Å². The summed E-state index contributed by atoms with van der Waals surface area (Å²) in [6.07, 6.45) is 2.61. The third kappa shape index (κ3) is 2.02. The van der Waals surface area contributed by atoms with Crippen LogP contribution >= 0.6 is 0 Å². The van der Waals surface area contributed by atoms with Crippen molar-refractivity contribution in [3.8, 4) is 12.3 Å². The van der Waals surface area contributed by atoms with Gasteiger partial charge in [0.2, 0.25) is 5.95 Å². The molecule has 2 aromatic heterocycles. The molecule has 7 N–H and O–H groups in total. The Morgan fingerprint density at radius 3 is 2.96 bits per heavy atom. The number of nitrogen functional groups attached to an aromatic ring is 1. The first-order valence-corrected chi connectivity index (χ1v) is 6.60. The number of nitrogens with zero attached hydrogens (tertiary/aromatic N) is 2. The second-order valence-electron chi connectivity index (χ2n) is 5.27. The number of fused-ring (bicyclic) bond motifs is 1. The van der Waals surface area contributed by atoms with E-state index in [1.54, 1.807) is 0 Å². The van der Waals surface area contributed by atoms with E-state index in [0.29, 0.717) is 0 Å². The fourth-order valence-corrected chi connectivity index (χ4v) is 2.71. The number of hydrogen-bond donors (Lipinski definition) is 5. The molecule has 1 fully saturated rings. The highest BCUT2D eigenvalue weighted by atomic mass is 19.1. The SMILES string of the molecule is C#CC1(N)C(O)[C@@H](CO)O[C@H]1n1cc(F)c2c(=O)[nH]c(N)nc21. The first-order valence-electron chi connectivity index (χ1n) is 6.60. The van der Waals surface area contributed by atoms with Crippen LogP contribution in [0.4, 0.5) is 10.3 Å². The summed E-state index contributed by atoms with van der Waals surface area (Å²) in [6, 6.07) is 0. The van der Waals surface area contributed by atoms with Crippen LogP contribution in [0.1, 0.15) is 6.23 Å². The van der Waals surface area contributed by atoms with Crippen molar-refractivity contribution >= 4 is 17.0 Å². The van der Waals surface area contributed by atoms with Crippen LogP contribution in [0.25, 0.3) is 11.0 Å². The zero-order valence-electron chi connectivity index (χ0n) is 11.7. The number of aliphatic hydroxyl groups is 2. The van der Waals surface area contributed by atoms with E-state index in [9.17, 15) is 19.4 Å². The predicted molar refractivity (Wildman–Crippen MR) is 77.5 cm³/mol. The van der Waals surface area contributed by atoms with Crippen LogP contribution in [0.3, 0.4) is 0 Å². The topological polar surface area (TPSA) is 152 Å². The molecule has 1 aliphatic heterocycles. The van der Waals surface area contributed by atoms with Crippen molar-refractivity contribution in [2.75, 3.05) is 12.3 Å². The molecule has 0 aromatic carbocycles. The van der Waals surface area contributed by atoms with Crippen LogP contribution in [0.15, 0.2) is 11.0 Å². The third-order valence-electron chi connectivity index (χ3n) is 3.89. The van der Waals surface area contributed by atoms with E-state index in [-0.39, 0.29) is 17.0 Å². The van der Waals surface area contributed by atoms with Crippen LogP contribution in [-0.2, 0) is 4.74 Å². The molecule has 2 aromatic rings. The van der Waals surface area contributed by atoms with E-state index in [0.717, 1.165) is 10.8 Å². The summed E-state index contributed by atoms with van der Waals surface area (Å²) < 4.78 is 20.6. The van der Waals surface area contributed by atoms with Crippen LogP contribution in [0.2, 0.25) is 0 Å². The van der Waals surface area contributed by atoms with E-state index in [4.69, 9.17) is 22.6 Å². The van der Waals surface area contributed by atoms with Crippen molar-refractivity contribution in [1.82, 2.24) is 14.5 Å². The van der Waals surface area contributed by atoms with Gasteiger partial charge in [-0.1, -0.05) is 5.92 Å². The number of anilines is 1. The number of aromatic amines is 1. The molecule has 3 rings (SSSR count). The standard InChI is InChI=1S/C13H14FN5O4/c1-2-13(16)8(21)6(4-20)23-11(13)19-3-5(14)7-9(19)17-12(15)18-10(7)22/h1,3,6,8,11,20-21H,4,16H2,(H3,15,17,18,22)/t6-,8?,11-,13?/m1/s1. The lowest BCUT2D eigenvalue weighted by Gasteiger charge is -2.27. The average Bonchev–Trinajstić information content (AvgIpc) is 2.95. The van der Waals surface area contributed by atoms with Crippen molar-refractivity contribution in [3.63, 3.8) is 0 Å². The lowest BCUT2D eigenvalue weighted by molar-refractivity contribution is -0.0446. The molecule has 2 unspecified atom stereocenters. The Morgan fingerprint density at radius 2 is 2.35 bits per heavy atom. The minimum atomic E-state index is -1.76. The summed E-state index contributed by atoms with van der Waals surface area (Å²) in [6.45, 7) is -0.546. The number of nitrogens with two attached hydrogens (primary N) is 2. The Bertz CT molecular complexity index is 872. The third-order valence-corrected chi connectivity index (χ3v) is 3.89. The van der Waals surface area contributed by atoms with Gasteiger partial charge in [0.1, 0.15) is 17.6 Å². The molecule has 1 aliphatic rings. The summed E-state index contributed by atoms with van der Waals surface area (Å²) in [5, 5.41) is 19.1. The fourth-order valence-electron chi connectivity index (χ4n) is 2.71. The van der Waals surface area contributed by atoms with Crippen molar-refractivity contribution in [3.05, 3.63) is 22.4 Å². The van der Waals surface area contributed by atoms with Gasteiger partial charge in [0.15, 0.2) is 23.2 Å². The van der Waals surface area contributed by atoms with E-state index in [1.165, 1.54) is 0 Å². The quantitative estimate of drug-likeness (QED) is 0.402. The summed E-state index contributed by atoms with van der Waals surface area (Å²) in [5.74, 6) is 1.10. The number of aliphatic hydroxyl groups excluding tert-OH is 2. The molecule has 9 nitrogen and oxygen atoms in total. The van der Waals surface area contributed by atoms with Gasteiger partial charge in [0.05, 0.1) is 6.61 Å². The van der Waals surface area contributed by atoms with Crippen molar-refractivity contribution in [1.29, 1.82) is 0 Å². The second-order valence-corrected chi connectivity index (χ2v) is 5.27. The maximum atomic E-state index is 14.1. The zero-order chi connectivity index (χ0) is 16.9. The molecule has 122 valence electrons. The Labute approximate surface area is 128 Å². The summed E-state index contributed by atoms with van der Waals surface area (Å²) in [4.78, 5) is 17.9. The highest BCUT2D eigenvalue weighted by molar-refractivity contribution is 5.77. The lowest BCUT2D eigenvalue weighted by atomic mass is 9.92. The minimum Gasteiger partial charge on any atom is -0.394 e. The number of halogens is 1. The first-order chi connectivity index (χ1) is 10.8. The number of H-pyrrole nitrogens is 1. The number of terminal acetylenes is 1. The number of aromatic nitrogens is 3. The second kappa shape index (κ2) is 5.04. The van der Waals surface area contributed by atoms with Gasteiger partial charge in [-0.3, -0.25) is 14.3 Å². The molecule has 23 heavy (non-hydrogen) atoms. The molecule has 0 bridgehead atoms. The van der Waals surface area contributed by atoms with Gasteiger partial charge < -0.3 is 26.4 Å². The maximum absolute atomic E-state index is 14.1. The number of rotatable bonds is 2. The molecular formula is C13H14FN5O4. The predicted octanol–water partition coefficient (Wildman–Crippen LogP) is -1.97. The van der Waals surface area contributed by atoms with Gasteiger partial charge in [-0.2, -0.15) is 4.98 Å². The van der Waals surface area contributed by atoms with E-state index in [2.05, 4.69) is 15.9 Å². The summed E-state index contributed by atoms with van der Waals surface area (Å²) in [5.41, 5.74) is 8.82. The Hall–Kier alpha value is -2.45. The van der Waals surface area contributed by atoms with Crippen molar-refractivity contribution < 1.29 is 19.3 Å². The molecule has 0 saturated carbocycles. The molecule has 0 spiro atoms. The van der Waals surface area contributed by atoms with Crippen molar-refractivity contribution in [2.45, 2.75) is 24.0 Å². The largest absolute Gasteiger partial charge is 0.394 e. The molecule has 0 radical (unpaired) electrons. The Morgan fingerprint density at radius 1 is 1.65 bits per heavy atom. The first kappa shape index (κ1) is 15.4. The number of nitrogens with one attached hydrogen (secondary N) is 1. The zero-order valence-corrected chi connectivity index (χ0v) is 11.7. The normalized spacial score (nSPS) is 30.7. The summed E-state index contributed by atoms with van der Waals surface area (Å²) >= 11 is 0. The number of hydrogen-bond acceptors (Lipinski definition) is 7. The van der Waals surface area contributed by atoms with Crippen LogP contribution in [-0.4, -0.2) is 49.1 Å². The van der Waals surface area contributed by atoms with E-state index >= 15 is 0 Å². The molecule has 0 aliphatic carbocycles. The monoisotopic (exact) mass is 323 g/mol. The van der Waals surface area contributed by atoms with Crippen LogP contribution in [0.5, 0.6) is 0 Å². The molecule has 1 saturated heterocycles. The summed E-state index contributed by atoms with van der Waals surface area (Å²) in [7, 11) is 0. The van der Waals surface area contributed by atoms with Gasteiger partial charge in [-0.05, 0) is 0 Å². The smallest absolute Gasteiger partial charge is 0.264 e. The van der Waals surface area contributed by atoms with Crippen LogP contribution < -0.4 is 17.0 Å². The van der Waals surface area contributed by atoms with Gasteiger partial charge in [-0.25, -0.2) is 4.39 Å². The maximum Gasteiger partial charge on any atom is 0.264 e. The van der Waals surface area contributed by atoms with E-state index in [1.807, 2.05) is 0 Å². The highest BCUT2D eigenvalue weighted by Crippen LogP contribution is 2.38. The van der Waals surface area contributed by atoms with Gasteiger partial charge >= 0.3 is 0 Å². The van der Waals surface area contributed by atoms with Gasteiger partial charge in [0.25, 0.3) is 5.56 Å². The molecule has 0 amide bonds. The molecule has 10 heteroatoms. The Kier molecular flexibility index (Phi) is 3.38. The highest BCUT2D eigenvalue weighted by Gasteiger charge is 2.54. The van der Waals surface area contributed by atoms with Gasteiger partial charge in [-0.15, -0.1) is 6.42 Å². The van der Waals surface area contributed by atoms with E-state index < -0.39 is 42.0 Å². The van der Waals surface area contributed by atoms with Gasteiger partial charge in [0, 0.05) is 6.20 Å². The van der Waals surface area contributed by atoms with Crippen LogP contribution in [0, 0.1) is 18.2 Å². The average molecular weight is 323 g/mol. The molecule has 3 heterocycles. The molecular weight excluding hydrogens is 309 g/mol. The lowest BCUT2D eigenvalue weighted by Crippen LogP contribution is -2.53. The minimum absolute atomic E-state index is 0.135. The molecule has 4 atom stereocenters.